The molecule has 0 aliphatic rings. The van der Waals surface area contributed by atoms with Gasteiger partial charge >= 0.3 is 0 Å². The van der Waals surface area contributed by atoms with Crippen LogP contribution in [0.15, 0.2) is 36.4 Å². The normalized spacial score (nSPS) is 11.2. The van der Waals surface area contributed by atoms with Crippen LogP contribution in [0.25, 0.3) is 10.8 Å². The lowest BCUT2D eigenvalue weighted by Gasteiger charge is -2.13. The van der Waals surface area contributed by atoms with Gasteiger partial charge in [0.1, 0.15) is 0 Å². The fourth-order valence-corrected chi connectivity index (χ4v) is 1.91. The van der Waals surface area contributed by atoms with Crippen LogP contribution >= 0.6 is 0 Å². The topological polar surface area (TPSA) is 3.24 Å². The average Bonchev–Trinajstić information content (AvgIpc) is 2.18. The largest absolute Gasteiger partial charge is 0.305 e. The van der Waals surface area contributed by atoms with Gasteiger partial charge in [0.25, 0.3) is 0 Å². The Morgan fingerprint density at radius 3 is 2.20 bits per heavy atom. The molecule has 15 heavy (non-hydrogen) atoms. The molecule has 0 spiro atoms. The summed E-state index contributed by atoms with van der Waals surface area (Å²) >= 11 is 0. The van der Waals surface area contributed by atoms with Gasteiger partial charge in [-0.3, -0.25) is 0 Å². The zero-order valence-electron chi connectivity index (χ0n) is 9.62. The number of hydrogen-bond donors (Lipinski definition) is 0. The van der Waals surface area contributed by atoms with Crippen LogP contribution in [0.5, 0.6) is 0 Å². The van der Waals surface area contributed by atoms with Crippen molar-refractivity contribution < 1.29 is 0 Å². The first-order chi connectivity index (χ1) is 7.16. The maximum absolute atomic E-state index is 2.30. The van der Waals surface area contributed by atoms with Gasteiger partial charge in [0, 0.05) is 6.54 Å². The molecule has 0 heterocycles. The summed E-state index contributed by atoms with van der Waals surface area (Å²) in [5.74, 6) is 0. The highest BCUT2D eigenvalue weighted by molar-refractivity contribution is 5.83. The molecule has 1 heteroatoms. The molecular formula is C14H17N. The van der Waals surface area contributed by atoms with Crippen LogP contribution in [0.3, 0.4) is 0 Å². The number of nitrogens with zero attached hydrogens (tertiary/aromatic N) is 1. The van der Waals surface area contributed by atoms with E-state index in [4.69, 9.17) is 0 Å². The number of fused-ring (bicyclic) bond motifs is 1. The lowest BCUT2D eigenvalue weighted by Crippen LogP contribution is -2.11. The van der Waals surface area contributed by atoms with Crippen molar-refractivity contribution in [3.63, 3.8) is 0 Å². The predicted octanol–water partition coefficient (Wildman–Crippen LogP) is 3.21. The highest BCUT2D eigenvalue weighted by atomic mass is 15.0. The Bertz CT molecular complexity index is 472. The molecular weight excluding hydrogens is 182 g/mol. The van der Waals surface area contributed by atoms with Gasteiger partial charge in [-0.25, -0.2) is 0 Å². The van der Waals surface area contributed by atoms with E-state index in [9.17, 15) is 0 Å². The summed E-state index contributed by atoms with van der Waals surface area (Å²) in [4.78, 5) is 2.21. The predicted molar refractivity (Wildman–Crippen MR) is 66.1 cm³/mol. The second-order valence-electron chi connectivity index (χ2n) is 4.36. The molecule has 0 N–H and O–H groups in total. The number of aryl methyl sites for hydroxylation is 1. The second-order valence-corrected chi connectivity index (χ2v) is 4.36. The third-order valence-electron chi connectivity index (χ3n) is 2.69. The summed E-state index contributed by atoms with van der Waals surface area (Å²) < 4.78 is 0. The first-order valence-corrected chi connectivity index (χ1v) is 5.30. The fourth-order valence-electron chi connectivity index (χ4n) is 1.91. The van der Waals surface area contributed by atoms with E-state index in [2.05, 4.69) is 62.3 Å². The molecule has 78 valence electrons. The Balaban J connectivity index is 2.52. The molecule has 0 unspecified atom stereocenters. The van der Waals surface area contributed by atoms with Crippen molar-refractivity contribution in [1.82, 2.24) is 4.90 Å². The van der Waals surface area contributed by atoms with Crippen molar-refractivity contribution in [2.75, 3.05) is 14.1 Å². The molecule has 2 aromatic rings. The maximum Gasteiger partial charge on any atom is 0.0230 e. The zero-order chi connectivity index (χ0) is 10.8. The van der Waals surface area contributed by atoms with E-state index in [0.29, 0.717) is 0 Å². The molecule has 0 saturated heterocycles. The van der Waals surface area contributed by atoms with E-state index in [-0.39, 0.29) is 0 Å². The molecule has 0 aliphatic heterocycles. The molecule has 0 amide bonds. The van der Waals surface area contributed by atoms with Gasteiger partial charge < -0.3 is 4.90 Å². The summed E-state index contributed by atoms with van der Waals surface area (Å²) in [6.07, 6.45) is 0. The standard InChI is InChI=1S/C14H17N/c1-11-8-12-6-4-5-7-13(12)9-14(11)10-15(2)3/h4-9H,10H2,1-3H3. The van der Waals surface area contributed by atoms with Crippen molar-refractivity contribution >= 4 is 10.8 Å². The molecule has 0 radical (unpaired) electrons. The number of rotatable bonds is 2. The molecule has 0 aliphatic carbocycles. The molecule has 0 bridgehead atoms. The van der Waals surface area contributed by atoms with Crippen LogP contribution in [-0.4, -0.2) is 19.0 Å². The van der Waals surface area contributed by atoms with Crippen LogP contribution in [0, 0.1) is 6.92 Å². The third kappa shape index (κ3) is 2.18. The van der Waals surface area contributed by atoms with Gasteiger partial charge in [-0.1, -0.05) is 30.3 Å². The molecule has 0 atom stereocenters. The van der Waals surface area contributed by atoms with Gasteiger partial charge in [0.15, 0.2) is 0 Å². The van der Waals surface area contributed by atoms with Crippen LogP contribution in [0.1, 0.15) is 11.1 Å². The van der Waals surface area contributed by atoms with Crippen LogP contribution in [0.2, 0.25) is 0 Å². The van der Waals surface area contributed by atoms with Crippen molar-refractivity contribution in [3.8, 4) is 0 Å². The number of benzene rings is 2. The average molecular weight is 199 g/mol. The summed E-state index contributed by atoms with van der Waals surface area (Å²) in [5, 5.41) is 2.66. The Kier molecular flexibility index (Phi) is 2.74. The van der Waals surface area contributed by atoms with E-state index in [0.717, 1.165) is 6.54 Å². The van der Waals surface area contributed by atoms with Crippen LogP contribution in [-0.2, 0) is 6.54 Å². The number of hydrogen-bond acceptors (Lipinski definition) is 1. The Morgan fingerprint density at radius 1 is 1.00 bits per heavy atom. The monoisotopic (exact) mass is 199 g/mol. The Morgan fingerprint density at radius 2 is 1.60 bits per heavy atom. The van der Waals surface area contributed by atoms with E-state index >= 15 is 0 Å². The van der Waals surface area contributed by atoms with Gasteiger partial charge in [-0.15, -0.1) is 0 Å². The van der Waals surface area contributed by atoms with Crippen molar-refractivity contribution in [3.05, 3.63) is 47.5 Å². The van der Waals surface area contributed by atoms with Crippen molar-refractivity contribution in [2.45, 2.75) is 13.5 Å². The highest BCUT2D eigenvalue weighted by Gasteiger charge is 2.02. The molecule has 2 aromatic carbocycles. The minimum Gasteiger partial charge on any atom is -0.305 e. The Hall–Kier alpha value is -1.34. The van der Waals surface area contributed by atoms with Crippen LogP contribution in [0.4, 0.5) is 0 Å². The summed E-state index contributed by atoms with van der Waals surface area (Å²) in [5.41, 5.74) is 2.79. The highest BCUT2D eigenvalue weighted by Crippen LogP contribution is 2.20. The van der Waals surface area contributed by atoms with E-state index in [1.807, 2.05) is 0 Å². The first kappa shape index (κ1) is 10.2. The van der Waals surface area contributed by atoms with E-state index < -0.39 is 0 Å². The summed E-state index contributed by atoms with van der Waals surface area (Å²) in [6.45, 7) is 3.20. The van der Waals surface area contributed by atoms with E-state index in [1.165, 1.54) is 21.9 Å². The maximum atomic E-state index is 2.30. The third-order valence-corrected chi connectivity index (χ3v) is 2.69. The minimum absolute atomic E-state index is 1.01. The van der Waals surface area contributed by atoms with Gasteiger partial charge in [-0.2, -0.15) is 0 Å². The van der Waals surface area contributed by atoms with Gasteiger partial charge in [0.05, 0.1) is 0 Å². The van der Waals surface area contributed by atoms with Crippen molar-refractivity contribution in [2.24, 2.45) is 0 Å². The Labute approximate surface area is 91.3 Å². The van der Waals surface area contributed by atoms with Gasteiger partial charge in [-0.05, 0) is 49.0 Å². The summed E-state index contributed by atoms with van der Waals surface area (Å²) in [7, 11) is 4.21. The molecule has 0 fully saturated rings. The smallest absolute Gasteiger partial charge is 0.0230 e. The molecule has 2 rings (SSSR count). The van der Waals surface area contributed by atoms with E-state index in [1.54, 1.807) is 0 Å². The van der Waals surface area contributed by atoms with Crippen LogP contribution < -0.4 is 0 Å². The first-order valence-electron chi connectivity index (χ1n) is 5.30. The SMILES string of the molecule is Cc1cc2ccccc2cc1CN(C)C. The molecule has 0 saturated carbocycles. The fraction of sp³-hybridized carbons (Fsp3) is 0.286. The lowest BCUT2D eigenvalue weighted by molar-refractivity contribution is 0.402. The lowest BCUT2D eigenvalue weighted by atomic mass is 10.0. The minimum atomic E-state index is 1.01. The second kappa shape index (κ2) is 4.03. The van der Waals surface area contributed by atoms with Crippen molar-refractivity contribution in [1.29, 1.82) is 0 Å². The van der Waals surface area contributed by atoms with Gasteiger partial charge in [0.2, 0.25) is 0 Å². The summed E-state index contributed by atoms with van der Waals surface area (Å²) in [6, 6.07) is 13.1. The zero-order valence-corrected chi connectivity index (χ0v) is 9.62. The molecule has 0 aromatic heterocycles. The quantitative estimate of drug-likeness (QED) is 0.718. The molecule has 1 nitrogen and oxygen atoms in total.